The lowest BCUT2D eigenvalue weighted by Crippen LogP contribution is -2.64. The maximum absolute atomic E-state index is 12.8. The van der Waals surface area contributed by atoms with Crippen LogP contribution in [-0.4, -0.2) is 64.6 Å². The highest BCUT2D eigenvalue weighted by Crippen LogP contribution is 2.35. The summed E-state index contributed by atoms with van der Waals surface area (Å²) in [5.41, 5.74) is 2.11. The first-order valence-corrected chi connectivity index (χ1v) is 10.4. The summed E-state index contributed by atoms with van der Waals surface area (Å²) in [5, 5.41) is 18.0. The molecule has 5 heterocycles. The molecule has 5 rings (SSSR count). The molecule has 0 radical (unpaired) electrons. The molecule has 0 aliphatic carbocycles. The van der Waals surface area contributed by atoms with Gasteiger partial charge in [-0.25, -0.2) is 9.97 Å². The quantitative estimate of drug-likeness (QED) is 0.444. The molecule has 0 amide bonds. The summed E-state index contributed by atoms with van der Waals surface area (Å²) in [4.78, 5) is 10.5. The van der Waals surface area contributed by atoms with Crippen molar-refractivity contribution in [3.05, 3.63) is 43.2 Å². The van der Waals surface area contributed by atoms with Crippen molar-refractivity contribution < 1.29 is 13.2 Å². The minimum absolute atomic E-state index is 0.0621. The van der Waals surface area contributed by atoms with Crippen LogP contribution >= 0.6 is 0 Å². The van der Waals surface area contributed by atoms with Gasteiger partial charge in [0.25, 0.3) is 0 Å². The number of rotatable bonds is 6. The smallest absolute Gasteiger partial charge is 0.290 e. The van der Waals surface area contributed by atoms with E-state index < -0.39 is 18.3 Å². The third-order valence-corrected chi connectivity index (χ3v) is 5.82. The molecule has 0 N–H and O–H groups in total. The van der Waals surface area contributed by atoms with Crippen LogP contribution in [-0.2, 0) is 12.1 Å². The number of fused-ring (bicyclic) bond motifs is 1. The molecule has 4 aromatic heterocycles. The second kappa shape index (κ2) is 7.70. The molecule has 0 atom stereocenters. The van der Waals surface area contributed by atoms with E-state index in [1.807, 2.05) is 23.6 Å². The number of nitriles is 1. The van der Waals surface area contributed by atoms with Gasteiger partial charge in [0.2, 0.25) is 0 Å². The second-order valence-electron chi connectivity index (χ2n) is 8.20. The van der Waals surface area contributed by atoms with Gasteiger partial charge >= 0.3 is 6.18 Å². The van der Waals surface area contributed by atoms with Gasteiger partial charge in [-0.05, 0) is 6.92 Å². The average molecular weight is 455 g/mol. The van der Waals surface area contributed by atoms with Gasteiger partial charge in [-0.3, -0.25) is 18.7 Å². The zero-order valence-corrected chi connectivity index (χ0v) is 17.7. The molecule has 0 bridgehead atoms. The zero-order valence-electron chi connectivity index (χ0n) is 17.7. The molecular weight excluding hydrogens is 435 g/mol. The molecular formula is C21H20F3N9. The van der Waals surface area contributed by atoms with Crippen LogP contribution in [0.15, 0.2) is 43.2 Å². The van der Waals surface area contributed by atoms with Crippen LogP contribution < -0.4 is 0 Å². The van der Waals surface area contributed by atoms with Gasteiger partial charge in [0.05, 0.1) is 42.7 Å². The van der Waals surface area contributed by atoms with Crippen molar-refractivity contribution in [2.24, 2.45) is 0 Å². The molecule has 0 unspecified atom stereocenters. The molecule has 12 heteroatoms. The van der Waals surface area contributed by atoms with Crippen molar-refractivity contribution >= 4 is 5.65 Å². The van der Waals surface area contributed by atoms with Gasteiger partial charge in [-0.2, -0.15) is 28.6 Å². The predicted octanol–water partition coefficient (Wildman–Crippen LogP) is 2.96. The van der Waals surface area contributed by atoms with Crippen LogP contribution in [0, 0.1) is 11.3 Å². The average Bonchev–Trinajstić information content (AvgIpc) is 3.50. The van der Waals surface area contributed by atoms with Gasteiger partial charge in [0.1, 0.15) is 17.0 Å². The minimum Gasteiger partial charge on any atom is -0.290 e. The van der Waals surface area contributed by atoms with Crippen molar-refractivity contribution in [3.63, 3.8) is 0 Å². The van der Waals surface area contributed by atoms with Gasteiger partial charge in [-0.15, -0.1) is 0 Å². The van der Waals surface area contributed by atoms with Crippen LogP contribution in [0.1, 0.15) is 13.3 Å². The fourth-order valence-electron chi connectivity index (χ4n) is 4.28. The normalized spacial score (nSPS) is 16.1. The fourth-order valence-corrected chi connectivity index (χ4v) is 4.28. The van der Waals surface area contributed by atoms with Crippen molar-refractivity contribution in [2.45, 2.75) is 31.6 Å². The number of imidazole rings is 1. The van der Waals surface area contributed by atoms with E-state index in [9.17, 15) is 18.4 Å². The van der Waals surface area contributed by atoms with E-state index in [0.717, 1.165) is 12.1 Å². The first kappa shape index (κ1) is 21.1. The monoisotopic (exact) mass is 455 g/mol. The highest BCUT2D eigenvalue weighted by Gasteiger charge is 2.48. The van der Waals surface area contributed by atoms with Crippen molar-refractivity contribution in [3.8, 4) is 28.7 Å². The number of alkyl halides is 3. The first-order valence-electron chi connectivity index (χ1n) is 10.4. The summed E-state index contributed by atoms with van der Waals surface area (Å²) in [6.45, 7) is 1.93. The minimum atomic E-state index is -4.28. The maximum Gasteiger partial charge on any atom is 0.401 e. The number of nitrogens with zero attached hydrogens (tertiary/aromatic N) is 9. The Kier molecular flexibility index (Phi) is 4.93. The van der Waals surface area contributed by atoms with E-state index in [0.29, 0.717) is 22.7 Å². The Balaban J connectivity index is 1.50. The molecule has 4 aromatic rings. The summed E-state index contributed by atoms with van der Waals surface area (Å²) in [6, 6.07) is 3.96. The number of halogens is 3. The molecule has 33 heavy (non-hydrogen) atoms. The lowest BCUT2D eigenvalue weighted by atomic mass is 9.87. The molecule has 0 spiro atoms. The first-order chi connectivity index (χ1) is 15.8. The highest BCUT2D eigenvalue weighted by molar-refractivity contribution is 5.68. The van der Waals surface area contributed by atoms with E-state index >= 15 is 0 Å². The Morgan fingerprint density at radius 3 is 2.64 bits per heavy atom. The van der Waals surface area contributed by atoms with E-state index in [2.05, 4.69) is 21.3 Å². The molecule has 0 saturated carbocycles. The molecule has 9 nitrogen and oxygen atoms in total. The summed E-state index contributed by atoms with van der Waals surface area (Å²) < 4.78 is 43.5. The number of aromatic nitrogens is 7. The largest absolute Gasteiger partial charge is 0.401 e. The summed E-state index contributed by atoms with van der Waals surface area (Å²) in [6.07, 6.45) is 6.24. The van der Waals surface area contributed by atoms with Crippen molar-refractivity contribution in [2.75, 3.05) is 19.6 Å². The lowest BCUT2D eigenvalue weighted by Gasteiger charge is -2.49. The van der Waals surface area contributed by atoms with Crippen molar-refractivity contribution in [1.82, 2.24) is 38.8 Å². The maximum atomic E-state index is 12.8. The Bertz CT molecular complexity index is 1330. The fraction of sp³-hybridized carbons (Fsp3) is 0.381. The predicted molar refractivity (Wildman–Crippen MR) is 112 cm³/mol. The number of hydrogen-bond acceptors (Lipinski definition) is 6. The van der Waals surface area contributed by atoms with Crippen molar-refractivity contribution in [1.29, 1.82) is 5.26 Å². The number of hydrogen-bond donors (Lipinski definition) is 0. The van der Waals surface area contributed by atoms with Gasteiger partial charge in [0, 0.05) is 56.1 Å². The van der Waals surface area contributed by atoms with E-state index in [1.165, 1.54) is 4.90 Å². The van der Waals surface area contributed by atoms with Crippen LogP contribution in [0.3, 0.4) is 0 Å². The molecule has 1 fully saturated rings. The molecule has 1 aliphatic rings. The van der Waals surface area contributed by atoms with Gasteiger partial charge in [0.15, 0.2) is 0 Å². The molecule has 1 aliphatic heterocycles. The van der Waals surface area contributed by atoms with E-state index in [4.69, 9.17) is 4.98 Å². The SMILES string of the molecule is CCn1cc(-c2cc3nccn3c(-c3cnn(C4(CC#N)CN(CC(F)(F)F)C4)c3)n2)cn1. The summed E-state index contributed by atoms with van der Waals surface area (Å²) in [5.74, 6) is 0.592. The Hall–Kier alpha value is -3.72. The van der Waals surface area contributed by atoms with Crippen LogP contribution in [0.4, 0.5) is 13.2 Å². The third kappa shape index (κ3) is 3.84. The molecule has 1 saturated heterocycles. The molecule has 170 valence electrons. The lowest BCUT2D eigenvalue weighted by molar-refractivity contribution is -0.167. The topological polar surface area (TPSA) is 92.9 Å². The van der Waals surface area contributed by atoms with E-state index in [1.54, 1.807) is 40.3 Å². The van der Waals surface area contributed by atoms with Gasteiger partial charge in [-0.1, -0.05) is 0 Å². The molecule has 0 aromatic carbocycles. The van der Waals surface area contributed by atoms with Gasteiger partial charge < -0.3 is 0 Å². The van der Waals surface area contributed by atoms with Crippen LogP contribution in [0.2, 0.25) is 0 Å². The highest BCUT2D eigenvalue weighted by atomic mass is 19.4. The van der Waals surface area contributed by atoms with Crippen LogP contribution in [0.5, 0.6) is 0 Å². The summed E-state index contributed by atoms with van der Waals surface area (Å²) >= 11 is 0. The summed E-state index contributed by atoms with van der Waals surface area (Å²) in [7, 11) is 0. The third-order valence-electron chi connectivity index (χ3n) is 5.82. The standard InChI is InChI=1S/C21H20F3N9/c1-2-31-10-15(8-27-31)17-7-18-26-5-6-32(18)19(29-17)16-9-28-33(11-16)20(3-4-25)12-30(13-20)14-21(22,23)24/h5-11H,2-3,12-14H2,1H3. The second-order valence-corrected chi connectivity index (χ2v) is 8.20. The Morgan fingerprint density at radius 1 is 1.15 bits per heavy atom. The Morgan fingerprint density at radius 2 is 1.94 bits per heavy atom. The van der Waals surface area contributed by atoms with Crippen LogP contribution in [0.25, 0.3) is 28.3 Å². The van der Waals surface area contributed by atoms with E-state index in [-0.39, 0.29) is 19.5 Å². The Labute approximate surface area is 186 Å². The number of aryl methyl sites for hydroxylation is 1. The number of likely N-dealkylation sites (tertiary alicyclic amines) is 1. The zero-order chi connectivity index (χ0) is 23.2.